The molecular weight excluding hydrogens is 445 g/mol. The Hall–Kier alpha value is -1.30. The average Bonchev–Trinajstić information content (AvgIpc) is 2.63. The Morgan fingerprint density at radius 3 is 2.15 bits per heavy atom. The Balaban J connectivity index is 2.35. The van der Waals surface area contributed by atoms with Gasteiger partial charge in [-0.2, -0.15) is 0 Å². The van der Waals surface area contributed by atoms with Gasteiger partial charge in [0.2, 0.25) is 0 Å². The summed E-state index contributed by atoms with van der Waals surface area (Å²) in [6.45, 7) is 0.0195. The van der Waals surface area contributed by atoms with E-state index < -0.39 is 5.97 Å². The van der Waals surface area contributed by atoms with E-state index in [4.69, 9.17) is 72.6 Å². The smallest absolute Gasteiger partial charge is 0.328 e. The summed E-state index contributed by atoms with van der Waals surface area (Å²) in [4.78, 5) is 10.7. The van der Waals surface area contributed by atoms with Crippen LogP contribution >= 0.6 is 58.0 Å². The fourth-order valence-corrected chi connectivity index (χ4v) is 3.27. The number of methoxy groups -OCH3 is 1. The van der Waals surface area contributed by atoms with Gasteiger partial charge in [0.05, 0.1) is 22.2 Å². The number of aliphatic carboxylic acids is 1. The van der Waals surface area contributed by atoms with Crippen LogP contribution in [0, 0.1) is 0 Å². The molecule has 2 aromatic carbocycles. The van der Waals surface area contributed by atoms with Crippen LogP contribution in [0.4, 0.5) is 0 Å². The molecule has 26 heavy (non-hydrogen) atoms. The van der Waals surface area contributed by atoms with Gasteiger partial charge in [-0.25, -0.2) is 4.79 Å². The van der Waals surface area contributed by atoms with Gasteiger partial charge in [-0.05, 0) is 23.8 Å². The second-order valence-corrected chi connectivity index (χ2v) is 6.82. The van der Waals surface area contributed by atoms with Gasteiger partial charge >= 0.3 is 5.97 Å². The van der Waals surface area contributed by atoms with E-state index in [-0.39, 0.29) is 37.5 Å². The lowest BCUT2D eigenvalue weighted by molar-refractivity contribution is -0.131. The van der Waals surface area contributed by atoms with E-state index >= 15 is 0 Å². The van der Waals surface area contributed by atoms with Crippen molar-refractivity contribution in [1.29, 1.82) is 0 Å². The number of carboxylic acid groups (broad SMARTS) is 1. The maximum absolute atomic E-state index is 10.7. The zero-order valence-corrected chi connectivity index (χ0v) is 16.9. The average molecular weight is 457 g/mol. The molecule has 0 saturated carbocycles. The van der Waals surface area contributed by atoms with Gasteiger partial charge in [0.15, 0.2) is 5.75 Å². The van der Waals surface area contributed by atoms with Gasteiger partial charge in [-0.15, -0.1) is 0 Å². The first-order chi connectivity index (χ1) is 12.3. The second kappa shape index (κ2) is 9.07. The minimum absolute atomic E-state index is 0.0195. The van der Waals surface area contributed by atoms with Gasteiger partial charge < -0.3 is 14.6 Å². The molecule has 0 saturated heterocycles. The minimum atomic E-state index is -1.05. The lowest BCUT2D eigenvalue weighted by Crippen LogP contribution is -2.01. The molecule has 1 N–H and O–H groups in total. The van der Waals surface area contributed by atoms with Crippen LogP contribution in [0.25, 0.3) is 6.08 Å². The number of hydrogen-bond acceptors (Lipinski definition) is 3. The summed E-state index contributed by atoms with van der Waals surface area (Å²) in [5, 5.41) is 8.90. The summed E-state index contributed by atoms with van der Waals surface area (Å²) < 4.78 is 11.0. The summed E-state index contributed by atoms with van der Waals surface area (Å²) in [6, 6.07) is 5.10. The summed E-state index contributed by atoms with van der Waals surface area (Å²) in [7, 11) is 1.50. The van der Waals surface area contributed by atoms with Crippen LogP contribution in [0.1, 0.15) is 11.1 Å². The third-order valence-corrected chi connectivity index (χ3v) is 5.51. The fraction of sp³-hybridized carbons (Fsp3) is 0.118. The summed E-state index contributed by atoms with van der Waals surface area (Å²) >= 11 is 30.3. The Morgan fingerprint density at radius 2 is 1.62 bits per heavy atom. The number of carbonyl (C=O) groups is 1. The highest BCUT2D eigenvalue weighted by Crippen LogP contribution is 2.48. The Bertz CT molecular complexity index is 851. The molecule has 0 unspecified atom stereocenters. The van der Waals surface area contributed by atoms with E-state index in [1.807, 2.05) is 0 Å². The Labute approximate surface area is 174 Å². The number of halogens is 5. The van der Waals surface area contributed by atoms with E-state index in [1.165, 1.54) is 13.2 Å². The third-order valence-electron chi connectivity index (χ3n) is 3.26. The number of hydrogen-bond donors (Lipinski definition) is 1. The zero-order valence-electron chi connectivity index (χ0n) is 13.2. The van der Waals surface area contributed by atoms with Gasteiger partial charge in [0, 0.05) is 11.6 Å². The molecule has 138 valence electrons. The number of benzene rings is 2. The molecule has 0 bridgehead atoms. The largest absolute Gasteiger partial charge is 0.496 e. The highest BCUT2D eigenvalue weighted by Gasteiger charge is 2.21. The number of rotatable bonds is 6. The van der Waals surface area contributed by atoms with Gasteiger partial charge in [-0.3, -0.25) is 0 Å². The van der Waals surface area contributed by atoms with Crippen LogP contribution in [-0.2, 0) is 11.4 Å². The SMILES string of the molecule is COc1ccc(C=CC(=O)O)cc1COc1c(Cl)c(Cl)c(Cl)c(Cl)c1Cl. The van der Waals surface area contributed by atoms with Crippen LogP contribution in [0.2, 0.25) is 25.1 Å². The molecule has 9 heteroatoms. The van der Waals surface area contributed by atoms with Crippen molar-refractivity contribution in [2.24, 2.45) is 0 Å². The molecular formula is C17H11Cl5O4. The van der Waals surface area contributed by atoms with Crippen LogP contribution in [0.15, 0.2) is 24.3 Å². The molecule has 0 fully saturated rings. The van der Waals surface area contributed by atoms with E-state index in [2.05, 4.69) is 0 Å². The second-order valence-electron chi connectivity index (χ2n) is 4.93. The van der Waals surface area contributed by atoms with Crippen LogP contribution in [0.5, 0.6) is 11.5 Å². The van der Waals surface area contributed by atoms with Crippen molar-refractivity contribution in [3.8, 4) is 11.5 Å². The lowest BCUT2D eigenvalue weighted by Gasteiger charge is -2.15. The monoisotopic (exact) mass is 454 g/mol. The molecule has 0 heterocycles. The van der Waals surface area contributed by atoms with Gasteiger partial charge in [0.25, 0.3) is 0 Å². The molecule has 0 amide bonds. The molecule has 0 aliphatic rings. The summed E-state index contributed by atoms with van der Waals surface area (Å²) in [5.74, 6) is -0.431. The predicted octanol–water partition coefficient (Wildman–Crippen LogP) is 6.64. The topological polar surface area (TPSA) is 55.8 Å². The number of carboxylic acids is 1. The summed E-state index contributed by atoms with van der Waals surface area (Å²) in [5.41, 5.74) is 1.28. The molecule has 0 spiro atoms. The van der Waals surface area contributed by atoms with Crippen molar-refractivity contribution in [2.45, 2.75) is 6.61 Å². The van der Waals surface area contributed by atoms with Crippen LogP contribution in [-0.4, -0.2) is 18.2 Å². The molecule has 4 nitrogen and oxygen atoms in total. The first kappa shape index (κ1) is 21.0. The Kier molecular flexibility index (Phi) is 7.33. The number of ether oxygens (including phenoxy) is 2. The van der Waals surface area contributed by atoms with Crippen molar-refractivity contribution in [1.82, 2.24) is 0 Å². The first-order valence-electron chi connectivity index (χ1n) is 6.98. The quantitative estimate of drug-likeness (QED) is 0.301. The lowest BCUT2D eigenvalue weighted by atomic mass is 10.1. The van der Waals surface area contributed by atoms with Gasteiger partial charge in [-0.1, -0.05) is 64.1 Å². The predicted molar refractivity (Wildman–Crippen MR) is 105 cm³/mol. The molecule has 2 rings (SSSR count). The first-order valence-corrected chi connectivity index (χ1v) is 8.87. The standard InChI is InChI=1S/C17H11Cl5O4/c1-25-10-4-2-8(3-5-11(23)24)6-9(10)7-26-17-15(21)13(19)12(18)14(20)16(17)22/h2-6H,7H2,1H3,(H,23,24). The summed E-state index contributed by atoms with van der Waals surface area (Å²) in [6.07, 6.45) is 2.47. The third kappa shape index (κ3) is 4.70. The highest BCUT2D eigenvalue weighted by atomic mass is 35.5. The normalized spacial score (nSPS) is 11.0. The highest BCUT2D eigenvalue weighted by molar-refractivity contribution is 6.55. The zero-order chi connectivity index (χ0) is 19.4. The van der Waals surface area contributed by atoms with E-state index in [0.717, 1.165) is 6.08 Å². The van der Waals surface area contributed by atoms with Crippen molar-refractivity contribution in [3.63, 3.8) is 0 Å². The molecule has 2 aromatic rings. The van der Waals surface area contributed by atoms with Crippen molar-refractivity contribution in [3.05, 3.63) is 60.5 Å². The molecule has 0 aromatic heterocycles. The minimum Gasteiger partial charge on any atom is -0.496 e. The van der Waals surface area contributed by atoms with E-state index in [9.17, 15) is 4.79 Å². The fourth-order valence-electron chi connectivity index (χ4n) is 2.04. The molecule has 0 aliphatic carbocycles. The van der Waals surface area contributed by atoms with E-state index in [0.29, 0.717) is 16.9 Å². The molecule has 0 radical (unpaired) electrons. The van der Waals surface area contributed by atoms with Crippen molar-refractivity contribution in [2.75, 3.05) is 7.11 Å². The molecule has 0 atom stereocenters. The van der Waals surface area contributed by atoms with Crippen molar-refractivity contribution >= 4 is 70.1 Å². The van der Waals surface area contributed by atoms with Gasteiger partial charge in [0.1, 0.15) is 22.4 Å². The maximum atomic E-state index is 10.7. The molecule has 0 aliphatic heterocycles. The van der Waals surface area contributed by atoms with Crippen molar-refractivity contribution < 1.29 is 19.4 Å². The van der Waals surface area contributed by atoms with Crippen LogP contribution in [0.3, 0.4) is 0 Å². The van der Waals surface area contributed by atoms with E-state index in [1.54, 1.807) is 18.2 Å². The van der Waals surface area contributed by atoms with Crippen LogP contribution < -0.4 is 9.47 Å². The maximum Gasteiger partial charge on any atom is 0.328 e. The Morgan fingerprint density at radius 1 is 1.04 bits per heavy atom.